The van der Waals surface area contributed by atoms with E-state index >= 15 is 0 Å². The summed E-state index contributed by atoms with van der Waals surface area (Å²) in [6.07, 6.45) is 3.31. The predicted molar refractivity (Wildman–Crippen MR) is 80.8 cm³/mol. The number of rotatable bonds is 5. The molecule has 0 unspecified atom stereocenters. The van der Waals surface area contributed by atoms with E-state index in [0.29, 0.717) is 15.9 Å². The number of thioether (sulfide) groups is 1. The van der Waals surface area contributed by atoms with Crippen molar-refractivity contribution in [2.75, 3.05) is 5.75 Å². The fourth-order valence-corrected chi connectivity index (χ4v) is 2.35. The average molecular weight is 308 g/mol. The Kier molecular flexibility index (Phi) is 5.38. The van der Waals surface area contributed by atoms with E-state index in [2.05, 4.69) is 15.3 Å². The van der Waals surface area contributed by atoms with Crippen molar-refractivity contribution in [2.45, 2.75) is 18.1 Å². The summed E-state index contributed by atoms with van der Waals surface area (Å²) < 4.78 is 0. The molecule has 20 heavy (non-hydrogen) atoms. The zero-order valence-electron chi connectivity index (χ0n) is 10.9. The third-order valence-corrected chi connectivity index (χ3v) is 3.75. The number of aromatic nitrogens is 2. The summed E-state index contributed by atoms with van der Waals surface area (Å²) in [5.74, 6) is 0.243. The number of carbonyl (C=O) groups is 1. The number of hydrogen-bond donors (Lipinski definition) is 1. The Balaban J connectivity index is 1.83. The fourth-order valence-electron chi connectivity index (χ4n) is 1.61. The van der Waals surface area contributed by atoms with Gasteiger partial charge in [0.25, 0.3) is 0 Å². The second-order valence-electron chi connectivity index (χ2n) is 4.16. The van der Waals surface area contributed by atoms with Crippen molar-refractivity contribution in [3.05, 3.63) is 53.3 Å². The van der Waals surface area contributed by atoms with Gasteiger partial charge in [0, 0.05) is 17.4 Å². The lowest BCUT2D eigenvalue weighted by Crippen LogP contribution is -2.28. The van der Waals surface area contributed by atoms with Crippen LogP contribution in [0, 0.1) is 0 Å². The van der Waals surface area contributed by atoms with Gasteiger partial charge in [-0.3, -0.25) is 4.79 Å². The normalized spacial score (nSPS) is 11.9. The Bertz CT molecular complexity index is 562. The van der Waals surface area contributed by atoms with Crippen LogP contribution in [0.25, 0.3) is 0 Å². The molecule has 2 rings (SSSR count). The van der Waals surface area contributed by atoms with Gasteiger partial charge in [-0.1, -0.05) is 35.5 Å². The van der Waals surface area contributed by atoms with Crippen LogP contribution in [0.3, 0.4) is 0 Å². The number of halogens is 1. The topological polar surface area (TPSA) is 54.9 Å². The number of carbonyl (C=O) groups excluding carboxylic acids is 1. The van der Waals surface area contributed by atoms with Crippen LogP contribution >= 0.6 is 23.4 Å². The molecule has 1 atom stereocenters. The highest BCUT2D eigenvalue weighted by molar-refractivity contribution is 7.99. The lowest BCUT2D eigenvalue weighted by molar-refractivity contribution is -0.119. The number of nitrogens with one attached hydrogen (secondary N) is 1. The van der Waals surface area contributed by atoms with Crippen LogP contribution in [0.5, 0.6) is 0 Å². The van der Waals surface area contributed by atoms with Gasteiger partial charge in [-0.05, 0) is 30.7 Å². The van der Waals surface area contributed by atoms with E-state index in [1.54, 1.807) is 18.5 Å². The first-order chi connectivity index (χ1) is 9.65. The van der Waals surface area contributed by atoms with E-state index in [1.165, 1.54) is 11.8 Å². The average Bonchev–Trinajstić information content (AvgIpc) is 2.47. The number of amides is 1. The molecular weight excluding hydrogens is 294 g/mol. The summed E-state index contributed by atoms with van der Waals surface area (Å²) in [5, 5.41) is 4.21. The molecule has 1 amide bonds. The summed E-state index contributed by atoms with van der Waals surface area (Å²) in [6.45, 7) is 1.94. The van der Waals surface area contributed by atoms with Crippen LogP contribution < -0.4 is 5.32 Å². The summed E-state index contributed by atoms with van der Waals surface area (Å²) in [6, 6.07) is 9.11. The summed E-state index contributed by atoms with van der Waals surface area (Å²) in [5.41, 5.74) is 1.02. The second kappa shape index (κ2) is 7.26. The lowest BCUT2D eigenvalue weighted by Gasteiger charge is -2.14. The summed E-state index contributed by atoms with van der Waals surface area (Å²) in [7, 11) is 0. The third kappa shape index (κ3) is 4.51. The zero-order chi connectivity index (χ0) is 14.4. The molecule has 6 heteroatoms. The van der Waals surface area contributed by atoms with Gasteiger partial charge in [0.05, 0.1) is 11.8 Å². The molecule has 1 aromatic carbocycles. The molecule has 0 aliphatic heterocycles. The summed E-state index contributed by atoms with van der Waals surface area (Å²) >= 11 is 7.15. The first-order valence-corrected chi connectivity index (χ1v) is 7.46. The first-order valence-electron chi connectivity index (χ1n) is 6.10. The molecule has 1 aromatic heterocycles. The van der Waals surface area contributed by atoms with E-state index in [1.807, 2.05) is 31.2 Å². The standard InChI is InChI=1S/C14H14ClN3OS/c1-10(11-3-5-12(15)6-4-11)18-13(19)9-20-14-16-7-2-8-17-14/h2-8,10H,9H2,1H3,(H,18,19)/t10-/m0/s1. The maximum absolute atomic E-state index is 11.9. The van der Waals surface area contributed by atoms with Crippen molar-refractivity contribution in [3.63, 3.8) is 0 Å². The Morgan fingerprint density at radius 3 is 2.60 bits per heavy atom. The van der Waals surface area contributed by atoms with Gasteiger partial charge in [0.2, 0.25) is 5.91 Å². The quantitative estimate of drug-likeness (QED) is 0.681. The maximum atomic E-state index is 11.9. The van der Waals surface area contributed by atoms with Gasteiger partial charge in [-0.15, -0.1) is 0 Å². The van der Waals surface area contributed by atoms with Crippen LogP contribution in [0.15, 0.2) is 47.9 Å². The van der Waals surface area contributed by atoms with Crippen LogP contribution in [-0.2, 0) is 4.79 Å². The molecule has 0 saturated heterocycles. The SMILES string of the molecule is C[C@H](NC(=O)CSc1ncccn1)c1ccc(Cl)cc1. The minimum absolute atomic E-state index is 0.0510. The molecule has 104 valence electrons. The summed E-state index contributed by atoms with van der Waals surface area (Å²) in [4.78, 5) is 20.0. The van der Waals surface area contributed by atoms with Crippen LogP contribution in [0.4, 0.5) is 0 Å². The first kappa shape index (κ1) is 14.8. The molecular formula is C14H14ClN3OS. The Morgan fingerprint density at radius 1 is 1.30 bits per heavy atom. The highest BCUT2D eigenvalue weighted by Crippen LogP contribution is 2.17. The van der Waals surface area contributed by atoms with E-state index in [0.717, 1.165) is 5.56 Å². The molecule has 4 nitrogen and oxygen atoms in total. The van der Waals surface area contributed by atoms with Crippen molar-refractivity contribution in [3.8, 4) is 0 Å². The molecule has 2 aromatic rings. The van der Waals surface area contributed by atoms with E-state index < -0.39 is 0 Å². The van der Waals surface area contributed by atoms with Gasteiger partial charge in [-0.2, -0.15) is 0 Å². The smallest absolute Gasteiger partial charge is 0.230 e. The van der Waals surface area contributed by atoms with E-state index in [9.17, 15) is 4.79 Å². The van der Waals surface area contributed by atoms with Crippen molar-refractivity contribution in [1.82, 2.24) is 15.3 Å². The van der Waals surface area contributed by atoms with Crippen molar-refractivity contribution in [2.24, 2.45) is 0 Å². The molecule has 0 aliphatic rings. The molecule has 1 N–H and O–H groups in total. The molecule has 0 spiro atoms. The van der Waals surface area contributed by atoms with E-state index in [-0.39, 0.29) is 11.9 Å². The predicted octanol–water partition coefficient (Wildman–Crippen LogP) is 3.10. The monoisotopic (exact) mass is 307 g/mol. The number of hydrogen-bond acceptors (Lipinski definition) is 4. The number of nitrogens with zero attached hydrogens (tertiary/aromatic N) is 2. The van der Waals surface area contributed by atoms with Gasteiger partial charge >= 0.3 is 0 Å². The van der Waals surface area contributed by atoms with Crippen molar-refractivity contribution >= 4 is 29.3 Å². The largest absolute Gasteiger partial charge is 0.349 e. The van der Waals surface area contributed by atoms with Crippen LogP contribution in [0.2, 0.25) is 5.02 Å². The molecule has 1 heterocycles. The highest BCUT2D eigenvalue weighted by Gasteiger charge is 2.10. The molecule has 0 fully saturated rings. The van der Waals surface area contributed by atoms with Crippen LogP contribution in [-0.4, -0.2) is 21.6 Å². The zero-order valence-corrected chi connectivity index (χ0v) is 12.5. The fraction of sp³-hybridized carbons (Fsp3) is 0.214. The molecule has 0 saturated carbocycles. The van der Waals surface area contributed by atoms with Crippen molar-refractivity contribution in [1.29, 1.82) is 0 Å². The van der Waals surface area contributed by atoms with Gasteiger partial charge in [0.1, 0.15) is 0 Å². The van der Waals surface area contributed by atoms with Crippen LogP contribution in [0.1, 0.15) is 18.5 Å². The lowest BCUT2D eigenvalue weighted by atomic mass is 10.1. The minimum Gasteiger partial charge on any atom is -0.349 e. The molecule has 0 bridgehead atoms. The molecule has 0 radical (unpaired) electrons. The van der Waals surface area contributed by atoms with Crippen molar-refractivity contribution < 1.29 is 4.79 Å². The van der Waals surface area contributed by atoms with Gasteiger partial charge in [0.15, 0.2) is 5.16 Å². The third-order valence-electron chi connectivity index (χ3n) is 2.62. The maximum Gasteiger partial charge on any atom is 0.230 e. The van der Waals surface area contributed by atoms with Gasteiger partial charge < -0.3 is 5.32 Å². The minimum atomic E-state index is -0.0583. The number of benzene rings is 1. The Labute approximate surface area is 127 Å². The van der Waals surface area contributed by atoms with E-state index in [4.69, 9.17) is 11.6 Å². The second-order valence-corrected chi connectivity index (χ2v) is 5.54. The highest BCUT2D eigenvalue weighted by atomic mass is 35.5. The Hall–Kier alpha value is -1.59. The Morgan fingerprint density at radius 2 is 1.95 bits per heavy atom. The van der Waals surface area contributed by atoms with Gasteiger partial charge in [-0.25, -0.2) is 9.97 Å². The molecule has 0 aliphatic carbocycles.